The Balaban J connectivity index is 1.93. The Bertz CT molecular complexity index is 1040. The smallest absolute Gasteiger partial charge is 0.197 e. The summed E-state index contributed by atoms with van der Waals surface area (Å²) in [5.74, 6) is 0.214. The van der Waals surface area contributed by atoms with Crippen LogP contribution >= 0.6 is 0 Å². The van der Waals surface area contributed by atoms with Crippen LogP contribution in [0.4, 0.5) is 0 Å². The van der Waals surface area contributed by atoms with E-state index in [9.17, 15) is 9.59 Å². The van der Waals surface area contributed by atoms with Crippen molar-refractivity contribution in [3.63, 3.8) is 0 Å². The topological polar surface area (TPSA) is 43.4 Å². The van der Waals surface area contributed by atoms with E-state index in [2.05, 4.69) is 0 Å². The number of allylic oxidation sites excluding steroid dienone is 1. The van der Waals surface area contributed by atoms with Crippen LogP contribution < -0.4 is 4.74 Å². The van der Waals surface area contributed by atoms with E-state index >= 15 is 0 Å². The zero-order valence-electron chi connectivity index (χ0n) is 14.7. The first kappa shape index (κ1) is 16.3. The van der Waals surface area contributed by atoms with Crippen molar-refractivity contribution in [3.8, 4) is 5.75 Å². The summed E-state index contributed by atoms with van der Waals surface area (Å²) in [6.45, 7) is 3.90. The van der Waals surface area contributed by atoms with Gasteiger partial charge < -0.3 is 4.74 Å². The lowest BCUT2D eigenvalue weighted by Crippen LogP contribution is -2.07. The van der Waals surface area contributed by atoms with Crippen LogP contribution in [0.5, 0.6) is 5.75 Å². The van der Waals surface area contributed by atoms with Gasteiger partial charge in [0.05, 0.1) is 11.7 Å². The van der Waals surface area contributed by atoms with E-state index in [0.717, 1.165) is 16.3 Å². The standard InChI is InChI=1S/C23H18O3/c1-14(2)26-21-12-11-15-7-3-4-8-16(15)19(21)13-20-22(24)17-9-5-6-10-18(17)23(20)25/h3-14H,1-2H3. The lowest BCUT2D eigenvalue weighted by atomic mass is 9.99. The minimum atomic E-state index is -0.228. The molecule has 0 saturated heterocycles. The number of carbonyl (C=O) groups excluding carboxylic acids is 2. The van der Waals surface area contributed by atoms with Crippen LogP contribution in [0.25, 0.3) is 16.8 Å². The highest BCUT2D eigenvalue weighted by atomic mass is 16.5. The van der Waals surface area contributed by atoms with E-state index < -0.39 is 0 Å². The lowest BCUT2D eigenvalue weighted by Gasteiger charge is -2.15. The van der Waals surface area contributed by atoms with E-state index in [1.807, 2.05) is 50.2 Å². The van der Waals surface area contributed by atoms with Gasteiger partial charge in [-0.05, 0) is 36.8 Å². The average Bonchev–Trinajstić information content (AvgIpc) is 2.88. The SMILES string of the molecule is CC(C)Oc1ccc2ccccc2c1C=C1C(=O)c2ccccc2C1=O. The molecule has 3 nitrogen and oxygen atoms in total. The Morgan fingerprint density at radius 3 is 2.08 bits per heavy atom. The molecule has 0 aliphatic heterocycles. The van der Waals surface area contributed by atoms with Gasteiger partial charge >= 0.3 is 0 Å². The van der Waals surface area contributed by atoms with Crippen LogP contribution in [0, 0.1) is 0 Å². The first-order valence-corrected chi connectivity index (χ1v) is 8.65. The first-order valence-electron chi connectivity index (χ1n) is 8.65. The third-order valence-electron chi connectivity index (χ3n) is 4.49. The van der Waals surface area contributed by atoms with Gasteiger partial charge in [-0.3, -0.25) is 9.59 Å². The molecule has 0 spiro atoms. The quantitative estimate of drug-likeness (QED) is 0.492. The Kier molecular flexibility index (Phi) is 3.92. The van der Waals surface area contributed by atoms with Gasteiger partial charge in [-0.1, -0.05) is 54.6 Å². The highest BCUT2D eigenvalue weighted by molar-refractivity contribution is 6.41. The van der Waals surface area contributed by atoms with Crippen molar-refractivity contribution in [1.29, 1.82) is 0 Å². The molecule has 0 heterocycles. The van der Waals surface area contributed by atoms with E-state index in [1.54, 1.807) is 30.3 Å². The first-order chi connectivity index (χ1) is 12.6. The van der Waals surface area contributed by atoms with E-state index in [-0.39, 0.29) is 23.2 Å². The number of rotatable bonds is 3. The second kappa shape index (κ2) is 6.26. The van der Waals surface area contributed by atoms with Gasteiger partial charge in [0.25, 0.3) is 0 Å². The number of hydrogen-bond acceptors (Lipinski definition) is 3. The molecule has 4 rings (SSSR count). The highest BCUT2D eigenvalue weighted by Crippen LogP contribution is 2.34. The van der Waals surface area contributed by atoms with Crippen LogP contribution in [-0.2, 0) is 0 Å². The summed E-state index contributed by atoms with van der Waals surface area (Å²) in [6.07, 6.45) is 1.67. The van der Waals surface area contributed by atoms with Crippen molar-refractivity contribution >= 4 is 28.4 Å². The van der Waals surface area contributed by atoms with Gasteiger partial charge in [0.2, 0.25) is 0 Å². The lowest BCUT2D eigenvalue weighted by molar-refractivity contribution is 0.0990. The number of benzene rings is 3. The van der Waals surface area contributed by atoms with Gasteiger partial charge in [-0.25, -0.2) is 0 Å². The van der Waals surface area contributed by atoms with Gasteiger partial charge in [0, 0.05) is 16.7 Å². The summed E-state index contributed by atoms with van der Waals surface area (Å²) >= 11 is 0. The Hall–Kier alpha value is -3.20. The Labute approximate surface area is 151 Å². The summed E-state index contributed by atoms with van der Waals surface area (Å²) in [5, 5.41) is 1.99. The largest absolute Gasteiger partial charge is 0.490 e. The van der Waals surface area contributed by atoms with Crippen molar-refractivity contribution < 1.29 is 14.3 Å². The average molecular weight is 342 g/mol. The Morgan fingerprint density at radius 1 is 0.808 bits per heavy atom. The van der Waals surface area contributed by atoms with E-state index in [0.29, 0.717) is 16.9 Å². The predicted octanol–water partition coefficient (Wildman–Crippen LogP) is 5.09. The van der Waals surface area contributed by atoms with Crippen LogP contribution in [0.3, 0.4) is 0 Å². The maximum Gasteiger partial charge on any atom is 0.197 e. The minimum absolute atomic E-state index is 0.0134. The maximum atomic E-state index is 12.8. The number of ether oxygens (including phenoxy) is 1. The molecule has 0 atom stereocenters. The van der Waals surface area contributed by atoms with Gasteiger partial charge in [-0.15, -0.1) is 0 Å². The number of fused-ring (bicyclic) bond motifs is 2. The molecular formula is C23H18O3. The molecule has 0 N–H and O–H groups in total. The van der Waals surface area contributed by atoms with Crippen molar-refractivity contribution in [2.45, 2.75) is 20.0 Å². The molecule has 3 aromatic carbocycles. The molecule has 0 radical (unpaired) electrons. The molecule has 3 aromatic rings. The van der Waals surface area contributed by atoms with Crippen LogP contribution in [0.2, 0.25) is 0 Å². The maximum absolute atomic E-state index is 12.8. The summed E-state index contributed by atoms with van der Waals surface area (Å²) in [4.78, 5) is 25.5. The van der Waals surface area contributed by atoms with Crippen LogP contribution in [0.15, 0.2) is 66.2 Å². The molecular weight excluding hydrogens is 324 g/mol. The van der Waals surface area contributed by atoms with Crippen LogP contribution in [-0.4, -0.2) is 17.7 Å². The zero-order valence-corrected chi connectivity index (χ0v) is 14.7. The second-order valence-corrected chi connectivity index (χ2v) is 6.63. The van der Waals surface area contributed by atoms with Crippen molar-refractivity contribution in [1.82, 2.24) is 0 Å². The summed E-state index contributed by atoms with van der Waals surface area (Å²) in [7, 11) is 0. The number of carbonyl (C=O) groups is 2. The third kappa shape index (κ3) is 2.62. The molecule has 26 heavy (non-hydrogen) atoms. The fraction of sp³-hybridized carbons (Fsp3) is 0.130. The van der Waals surface area contributed by atoms with E-state index in [1.165, 1.54) is 0 Å². The molecule has 0 fully saturated rings. The summed E-state index contributed by atoms with van der Waals surface area (Å²) < 4.78 is 5.94. The molecule has 128 valence electrons. The second-order valence-electron chi connectivity index (χ2n) is 6.63. The van der Waals surface area contributed by atoms with Gasteiger partial charge in [0.1, 0.15) is 5.75 Å². The van der Waals surface area contributed by atoms with E-state index in [4.69, 9.17) is 4.74 Å². The number of hydrogen-bond donors (Lipinski definition) is 0. The summed E-state index contributed by atoms with van der Waals surface area (Å²) in [6, 6.07) is 18.7. The number of ketones is 2. The molecule has 3 heteroatoms. The highest BCUT2D eigenvalue weighted by Gasteiger charge is 2.32. The molecule has 0 aromatic heterocycles. The summed E-state index contributed by atoms with van der Waals surface area (Å²) in [5.41, 5.74) is 1.89. The van der Waals surface area contributed by atoms with Crippen molar-refractivity contribution in [2.24, 2.45) is 0 Å². The van der Waals surface area contributed by atoms with Gasteiger partial charge in [-0.2, -0.15) is 0 Å². The van der Waals surface area contributed by atoms with Crippen molar-refractivity contribution in [3.05, 3.63) is 82.9 Å². The minimum Gasteiger partial charge on any atom is -0.490 e. The third-order valence-corrected chi connectivity index (χ3v) is 4.49. The molecule has 1 aliphatic carbocycles. The monoisotopic (exact) mass is 342 g/mol. The molecule has 0 unspecified atom stereocenters. The van der Waals surface area contributed by atoms with Crippen molar-refractivity contribution in [2.75, 3.05) is 0 Å². The zero-order chi connectivity index (χ0) is 18.3. The van der Waals surface area contributed by atoms with Gasteiger partial charge in [0.15, 0.2) is 11.6 Å². The van der Waals surface area contributed by atoms with Crippen LogP contribution in [0.1, 0.15) is 40.1 Å². The molecule has 1 aliphatic rings. The molecule has 0 saturated carbocycles. The Morgan fingerprint density at radius 2 is 1.42 bits per heavy atom. The fourth-order valence-corrected chi connectivity index (χ4v) is 3.33. The molecule has 0 amide bonds. The normalized spacial score (nSPS) is 13.4. The number of Topliss-reactive ketones (excluding diaryl/α,β-unsaturated/α-hetero) is 2. The fourth-order valence-electron chi connectivity index (χ4n) is 3.33. The molecule has 0 bridgehead atoms. The predicted molar refractivity (Wildman–Crippen MR) is 103 cm³/mol.